The highest BCUT2D eigenvalue weighted by molar-refractivity contribution is 5.28. The van der Waals surface area contributed by atoms with Crippen molar-refractivity contribution in [3.05, 3.63) is 70.8 Å². The van der Waals surface area contributed by atoms with Crippen LogP contribution in [0.5, 0.6) is 0 Å². The summed E-state index contributed by atoms with van der Waals surface area (Å²) >= 11 is 0. The van der Waals surface area contributed by atoms with Crippen LogP contribution in [-0.2, 0) is 12.6 Å². The van der Waals surface area contributed by atoms with E-state index >= 15 is 0 Å². The Hall–Kier alpha value is -1.95. The lowest BCUT2D eigenvalue weighted by Gasteiger charge is -2.13. The first kappa shape index (κ1) is 15.4. The van der Waals surface area contributed by atoms with Gasteiger partial charge in [-0.1, -0.05) is 18.2 Å². The zero-order valence-corrected chi connectivity index (χ0v) is 10.7. The average molecular weight is 302 g/mol. The molecule has 1 atom stereocenters. The quantitative estimate of drug-likeness (QED) is 0.840. The van der Waals surface area contributed by atoms with Crippen molar-refractivity contribution >= 4 is 0 Å². The van der Waals surface area contributed by atoms with Gasteiger partial charge in [-0.05, 0) is 29.3 Å². The third kappa shape index (κ3) is 4.01. The molecule has 0 saturated heterocycles. The van der Waals surface area contributed by atoms with Gasteiger partial charge >= 0.3 is 6.18 Å². The molecule has 21 heavy (non-hydrogen) atoms. The zero-order valence-electron chi connectivity index (χ0n) is 10.7. The normalized spacial score (nSPS) is 13.2. The van der Waals surface area contributed by atoms with Gasteiger partial charge in [0.1, 0.15) is 11.6 Å². The molecule has 1 nitrogen and oxygen atoms in total. The fourth-order valence-electron chi connectivity index (χ4n) is 1.98. The molecule has 112 valence electrons. The summed E-state index contributed by atoms with van der Waals surface area (Å²) in [6.07, 6.45) is -5.95. The van der Waals surface area contributed by atoms with Crippen LogP contribution in [-0.4, -0.2) is 5.11 Å². The summed E-state index contributed by atoms with van der Waals surface area (Å²) in [5.41, 5.74) is -0.635. The molecule has 0 bridgehead atoms. The van der Waals surface area contributed by atoms with Crippen molar-refractivity contribution in [2.45, 2.75) is 18.7 Å². The van der Waals surface area contributed by atoms with Gasteiger partial charge in [0.05, 0.1) is 11.7 Å². The van der Waals surface area contributed by atoms with E-state index in [9.17, 15) is 27.1 Å². The second kappa shape index (κ2) is 5.81. The van der Waals surface area contributed by atoms with E-state index in [0.29, 0.717) is 6.07 Å². The zero-order chi connectivity index (χ0) is 15.6. The first-order valence-electron chi connectivity index (χ1n) is 6.06. The maximum Gasteiger partial charge on any atom is 0.416 e. The lowest BCUT2D eigenvalue weighted by molar-refractivity contribution is -0.137. The highest BCUT2D eigenvalue weighted by Gasteiger charge is 2.30. The molecule has 2 aromatic rings. The second-order valence-electron chi connectivity index (χ2n) is 4.62. The molecule has 0 aliphatic rings. The molecule has 1 unspecified atom stereocenters. The molecular formula is C15H11F5O. The Morgan fingerprint density at radius 3 is 2.14 bits per heavy atom. The molecular weight excluding hydrogens is 291 g/mol. The molecule has 0 aromatic heterocycles. The maximum atomic E-state index is 13.0. The van der Waals surface area contributed by atoms with Crippen LogP contribution in [0.4, 0.5) is 22.0 Å². The Morgan fingerprint density at radius 2 is 1.57 bits per heavy atom. The van der Waals surface area contributed by atoms with E-state index in [1.54, 1.807) is 0 Å². The van der Waals surface area contributed by atoms with Gasteiger partial charge in [0.2, 0.25) is 0 Å². The summed E-state index contributed by atoms with van der Waals surface area (Å²) < 4.78 is 63.8. The lowest BCUT2D eigenvalue weighted by Crippen LogP contribution is -2.07. The molecule has 0 amide bonds. The maximum absolute atomic E-state index is 13.0. The lowest BCUT2D eigenvalue weighted by atomic mass is 9.99. The minimum absolute atomic E-state index is 0.0232. The predicted octanol–water partition coefficient (Wildman–Crippen LogP) is 4.26. The monoisotopic (exact) mass is 302 g/mol. The van der Waals surface area contributed by atoms with Gasteiger partial charge in [0.15, 0.2) is 0 Å². The summed E-state index contributed by atoms with van der Waals surface area (Å²) in [6.45, 7) is 0. The smallest absolute Gasteiger partial charge is 0.388 e. The standard InChI is InChI=1S/C15H11F5O/c16-12-6-10(7-13(17)8-12)14(21)5-9-2-1-3-11(4-9)15(18,19)20/h1-4,6-8,14,21H,5H2. The van der Waals surface area contributed by atoms with E-state index in [-0.39, 0.29) is 17.5 Å². The largest absolute Gasteiger partial charge is 0.416 e. The van der Waals surface area contributed by atoms with Crippen LogP contribution in [0.2, 0.25) is 0 Å². The number of benzene rings is 2. The predicted molar refractivity (Wildman–Crippen MR) is 66.5 cm³/mol. The van der Waals surface area contributed by atoms with E-state index in [1.807, 2.05) is 0 Å². The SMILES string of the molecule is OC(Cc1cccc(C(F)(F)F)c1)c1cc(F)cc(F)c1. The summed E-state index contributed by atoms with van der Waals surface area (Å²) in [5, 5.41) is 9.90. The van der Waals surface area contributed by atoms with Gasteiger partial charge in [-0.2, -0.15) is 13.2 Å². The molecule has 1 N–H and O–H groups in total. The summed E-state index contributed by atoms with van der Waals surface area (Å²) in [5.74, 6) is -1.71. The molecule has 2 rings (SSSR count). The van der Waals surface area contributed by atoms with Crippen molar-refractivity contribution in [2.24, 2.45) is 0 Å². The molecule has 6 heteroatoms. The van der Waals surface area contributed by atoms with E-state index < -0.39 is 29.5 Å². The first-order chi connectivity index (χ1) is 9.75. The van der Waals surface area contributed by atoms with E-state index in [0.717, 1.165) is 24.3 Å². The van der Waals surface area contributed by atoms with Crippen LogP contribution in [0.1, 0.15) is 22.8 Å². The number of rotatable bonds is 3. The van der Waals surface area contributed by atoms with Gasteiger partial charge < -0.3 is 5.11 Å². The van der Waals surface area contributed by atoms with Crippen LogP contribution >= 0.6 is 0 Å². The third-order valence-corrected chi connectivity index (χ3v) is 2.95. The van der Waals surface area contributed by atoms with Crippen molar-refractivity contribution in [3.63, 3.8) is 0 Å². The summed E-state index contributed by atoms with van der Waals surface area (Å²) in [7, 11) is 0. The Kier molecular flexibility index (Phi) is 4.27. The Bertz CT molecular complexity index is 616. The van der Waals surface area contributed by atoms with Gasteiger partial charge in [-0.15, -0.1) is 0 Å². The Morgan fingerprint density at radius 1 is 0.952 bits per heavy atom. The number of hydrogen-bond acceptors (Lipinski definition) is 1. The molecule has 0 spiro atoms. The van der Waals surface area contributed by atoms with Crippen LogP contribution in [0.25, 0.3) is 0 Å². The summed E-state index contributed by atoms with van der Waals surface area (Å²) in [6, 6.07) is 6.99. The Balaban J connectivity index is 2.21. The number of hydrogen-bond donors (Lipinski definition) is 1. The van der Waals surface area contributed by atoms with E-state index in [1.165, 1.54) is 12.1 Å². The van der Waals surface area contributed by atoms with Crippen molar-refractivity contribution < 1.29 is 27.1 Å². The second-order valence-corrected chi connectivity index (χ2v) is 4.62. The Labute approximate surface area is 117 Å². The van der Waals surface area contributed by atoms with E-state index in [2.05, 4.69) is 0 Å². The first-order valence-corrected chi connectivity index (χ1v) is 6.06. The molecule has 0 saturated carbocycles. The fourth-order valence-corrected chi connectivity index (χ4v) is 1.98. The van der Waals surface area contributed by atoms with Gasteiger partial charge in [-0.25, -0.2) is 8.78 Å². The molecule has 0 heterocycles. The van der Waals surface area contributed by atoms with Crippen molar-refractivity contribution in [3.8, 4) is 0 Å². The fraction of sp³-hybridized carbons (Fsp3) is 0.200. The van der Waals surface area contributed by atoms with Crippen LogP contribution in [0, 0.1) is 11.6 Å². The van der Waals surface area contributed by atoms with Gasteiger partial charge in [0, 0.05) is 12.5 Å². The highest BCUT2D eigenvalue weighted by Crippen LogP contribution is 2.30. The van der Waals surface area contributed by atoms with Crippen LogP contribution in [0.3, 0.4) is 0 Å². The molecule has 0 radical (unpaired) electrons. The topological polar surface area (TPSA) is 20.2 Å². The minimum atomic E-state index is -4.48. The van der Waals surface area contributed by atoms with E-state index in [4.69, 9.17) is 0 Å². The van der Waals surface area contributed by atoms with Crippen molar-refractivity contribution in [1.29, 1.82) is 0 Å². The number of aliphatic hydroxyl groups excluding tert-OH is 1. The number of halogens is 5. The average Bonchev–Trinajstić information content (AvgIpc) is 2.37. The van der Waals surface area contributed by atoms with Gasteiger partial charge in [-0.3, -0.25) is 0 Å². The van der Waals surface area contributed by atoms with Crippen LogP contribution in [0.15, 0.2) is 42.5 Å². The molecule has 0 aliphatic heterocycles. The van der Waals surface area contributed by atoms with Gasteiger partial charge in [0.25, 0.3) is 0 Å². The molecule has 0 aliphatic carbocycles. The molecule has 2 aromatic carbocycles. The van der Waals surface area contributed by atoms with Crippen LogP contribution < -0.4 is 0 Å². The van der Waals surface area contributed by atoms with Crippen molar-refractivity contribution in [1.82, 2.24) is 0 Å². The third-order valence-electron chi connectivity index (χ3n) is 2.95. The molecule has 0 fully saturated rings. The number of alkyl halides is 3. The minimum Gasteiger partial charge on any atom is -0.388 e. The summed E-state index contributed by atoms with van der Waals surface area (Å²) in [4.78, 5) is 0. The number of aliphatic hydroxyl groups is 1. The highest BCUT2D eigenvalue weighted by atomic mass is 19.4. The van der Waals surface area contributed by atoms with Crippen molar-refractivity contribution in [2.75, 3.05) is 0 Å².